The second-order valence-corrected chi connectivity index (χ2v) is 9.55. The van der Waals surface area contributed by atoms with Crippen LogP contribution in [0.5, 0.6) is 0 Å². The molecule has 156 valence electrons. The van der Waals surface area contributed by atoms with Gasteiger partial charge in [-0.05, 0) is 70.1 Å². The van der Waals surface area contributed by atoms with Crippen LogP contribution in [0.2, 0.25) is 0 Å². The van der Waals surface area contributed by atoms with Crippen molar-refractivity contribution in [2.45, 2.75) is 58.4 Å². The molecule has 0 aromatic rings. The van der Waals surface area contributed by atoms with Crippen LogP contribution in [-0.4, -0.2) is 66.4 Å². The minimum absolute atomic E-state index is 0.0852. The van der Waals surface area contributed by atoms with Gasteiger partial charge in [-0.25, -0.2) is 4.79 Å². The summed E-state index contributed by atoms with van der Waals surface area (Å²) in [5.41, 5.74) is -0.0852. The Balaban J connectivity index is 1.31. The SMILES string of the molecule is CCNC(=O)NC(=O)C(C)N1CCN(C(=O)C23CC4CC(CC(C4)C2)C3)CC1. The first kappa shape index (κ1) is 19.7. The zero-order valence-corrected chi connectivity index (χ0v) is 17.2. The first-order valence-electron chi connectivity index (χ1n) is 11.0. The fourth-order valence-corrected chi connectivity index (χ4v) is 6.61. The normalized spacial score (nSPS) is 35.5. The van der Waals surface area contributed by atoms with Crippen LogP contribution in [0.15, 0.2) is 0 Å². The van der Waals surface area contributed by atoms with Gasteiger partial charge < -0.3 is 10.2 Å². The molecule has 1 heterocycles. The fraction of sp³-hybridized carbons (Fsp3) is 0.857. The number of hydrogen-bond acceptors (Lipinski definition) is 4. The average molecular weight is 391 g/mol. The third-order valence-corrected chi connectivity index (χ3v) is 7.59. The van der Waals surface area contributed by atoms with Crippen LogP contribution in [0.3, 0.4) is 0 Å². The summed E-state index contributed by atoms with van der Waals surface area (Å²) in [5, 5.41) is 4.97. The standard InChI is InChI=1S/C21H34N4O3/c1-3-22-20(28)23-18(26)14(2)24-4-6-25(7-5-24)19(27)21-11-15-8-16(12-21)10-17(9-15)13-21/h14-17H,3-13H2,1-2H3,(H2,22,23,26,28). The molecule has 7 heteroatoms. The third-order valence-electron chi connectivity index (χ3n) is 7.59. The smallest absolute Gasteiger partial charge is 0.321 e. The monoisotopic (exact) mass is 390 g/mol. The van der Waals surface area contributed by atoms with E-state index in [9.17, 15) is 14.4 Å². The topological polar surface area (TPSA) is 81.8 Å². The number of carbonyl (C=O) groups excluding carboxylic acids is 3. The molecule has 2 N–H and O–H groups in total. The van der Waals surface area contributed by atoms with Gasteiger partial charge in [-0.3, -0.25) is 19.8 Å². The van der Waals surface area contributed by atoms with E-state index >= 15 is 0 Å². The highest BCUT2D eigenvalue weighted by Gasteiger charge is 2.55. The Morgan fingerprint density at radius 1 is 0.964 bits per heavy atom. The molecule has 0 aromatic carbocycles. The summed E-state index contributed by atoms with van der Waals surface area (Å²) >= 11 is 0. The van der Waals surface area contributed by atoms with Gasteiger partial charge >= 0.3 is 6.03 Å². The molecule has 4 saturated carbocycles. The number of nitrogens with zero attached hydrogens (tertiary/aromatic N) is 2. The Labute approximate surface area is 167 Å². The van der Waals surface area contributed by atoms with Crippen LogP contribution in [0.25, 0.3) is 0 Å². The molecule has 28 heavy (non-hydrogen) atoms. The highest BCUT2D eigenvalue weighted by atomic mass is 16.2. The van der Waals surface area contributed by atoms with Crippen molar-refractivity contribution in [2.24, 2.45) is 23.2 Å². The molecule has 0 radical (unpaired) electrons. The van der Waals surface area contributed by atoms with E-state index in [1.54, 1.807) is 0 Å². The van der Waals surface area contributed by atoms with Crippen molar-refractivity contribution < 1.29 is 14.4 Å². The maximum atomic E-state index is 13.5. The van der Waals surface area contributed by atoms with Gasteiger partial charge in [-0.1, -0.05) is 0 Å². The van der Waals surface area contributed by atoms with Crippen molar-refractivity contribution in [3.63, 3.8) is 0 Å². The zero-order valence-electron chi connectivity index (χ0n) is 17.2. The number of piperazine rings is 1. The van der Waals surface area contributed by atoms with Crippen LogP contribution in [0.4, 0.5) is 4.79 Å². The number of amides is 4. The Kier molecular flexibility index (Phi) is 5.38. The lowest BCUT2D eigenvalue weighted by atomic mass is 9.49. The lowest BCUT2D eigenvalue weighted by molar-refractivity contribution is -0.159. The predicted molar refractivity (Wildman–Crippen MR) is 105 cm³/mol. The molecule has 5 fully saturated rings. The molecule has 4 amide bonds. The Morgan fingerprint density at radius 2 is 1.50 bits per heavy atom. The number of carbonyl (C=O) groups is 3. The molecule has 1 atom stereocenters. The molecule has 1 aliphatic heterocycles. The van der Waals surface area contributed by atoms with Gasteiger partial charge in [0.1, 0.15) is 0 Å². The summed E-state index contributed by atoms with van der Waals surface area (Å²) in [7, 11) is 0. The summed E-state index contributed by atoms with van der Waals surface area (Å²) in [4.78, 5) is 41.4. The molecule has 5 aliphatic rings. The molecule has 5 rings (SSSR count). The number of imide groups is 1. The van der Waals surface area contributed by atoms with Gasteiger partial charge in [0.15, 0.2) is 0 Å². The molecule has 4 bridgehead atoms. The van der Waals surface area contributed by atoms with Gasteiger partial charge in [0, 0.05) is 32.7 Å². The minimum Gasteiger partial charge on any atom is -0.340 e. The molecule has 0 spiro atoms. The summed E-state index contributed by atoms with van der Waals surface area (Å²) in [6.07, 6.45) is 7.34. The van der Waals surface area contributed by atoms with Gasteiger partial charge in [0.2, 0.25) is 11.8 Å². The molecular formula is C21H34N4O3. The molecule has 1 unspecified atom stereocenters. The summed E-state index contributed by atoms with van der Waals surface area (Å²) < 4.78 is 0. The van der Waals surface area contributed by atoms with Crippen molar-refractivity contribution in [3.8, 4) is 0 Å². The van der Waals surface area contributed by atoms with E-state index in [0.29, 0.717) is 38.6 Å². The lowest BCUT2D eigenvalue weighted by Crippen LogP contribution is -2.60. The van der Waals surface area contributed by atoms with E-state index in [1.165, 1.54) is 19.3 Å². The lowest BCUT2D eigenvalue weighted by Gasteiger charge is -2.57. The van der Waals surface area contributed by atoms with Gasteiger partial charge in [0.25, 0.3) is 0 Å². The van der Waals surface area contributed by atoms with E-state index in [1.807, 2.05) is 13.8 Å². The van der Waals surface area contributed by atoms with Crippen molar-refractivity contribution in [3.05, 3.63) is 0 Å². The van der Waals surface area contributed by atoms with E-state index in [0.717, 1.165) is 37.0 Å². The van der Waals surface area contributed by atoms with Crippen molar-refractivity contribution in [1.82, 2.24) is 20.4 Å². The van der Waals surface area contributed by atoms with E-state index in [-0.39, 0.29) is 17.4 Å². The van der Waals surface area contributed by atoms with Crippen molar-refractivity contribution >= 4 is 17.8 Å². The molecule has 4 aliphatic carbocycles. The van der Waals surface area contributed by atoms with Crippen LogP contribution >= 0.6 is 0 Å². The predicted octanol–water partition coefficient (Wildman–Crippen LogP) is 1.58. The second-order valence-electron chi connectivity index (χ2n) is 9.55. The highest BCUT2D eigenvalue weighted by Crippen LogP contribution is 2.60. The van der Waals surface area contributed by atoms with Gasteiger partial charge in [0.05, 0.1) is 11.5 Å². The molecule has 1 saturated heterocycles. The summed E-state index contributed by atoms with van der Waals surface area (Å²) in [5.74, 6) is 2.41. The fourth-order valence-electron chi connectivity index (χ4n) is 6.61. The van der Waals surface area contributed by atoms with E-state index in [2.05, 4.69) is 20.4 Å². The van der Waals surface area contributed by atoms with Crippen molar-refractivity contribution in [2.75, 3.05) is 32.7 Å². The highest BCUT2D eigenvalue weighted by molar-refractivity contribution is 5.96. The minimum atomic E-state index is -0.449. The number of hydrogen-bond donors (Lipinski definition) is 2. The van der Waals surface area contributed by atoms with Crippen LogP contribution < -0.4 is 10.6 Å². The number of urea groups is 1. The Morgan fingerprint density at radius 3 is 2.00 bits per heavy atom. The largest absolute Gasteiger partial charge is 0.340 e. The third kappa shape index (κ3) is 3.65. The number of nitrogens with one attached hydrogen (secondary N) is 2. The van der Waals surface area contributed by atoms with E-state index < -0.39 is 6.03 Å². The second kappa shape index (κ2) is 7.65. The average Bonchev–Trinajstić information content (AvgIpc) is 2.66. The van der Waals surface area contributed by atoms with Crippen LogP contribution in [0.1, 0.15) is 52.4 Å². The summed E-state index contributed by atoms with van der Waals surface area (Å²) in [6, 6.07) is -0.825. The van der Waals surface area contributed by atoms with Gasteiger partial charge in [-0.2, -0.15) is 0 Å². The molecular weight excluding hydrogens is 356 g/mol. The summed E-state index contributed by atoms with van der Waals surface area (Å²) in [6.45, 7) is 6.85. The maximum absolute atomic E-state index is 13.5. The number of rotatable bonds is 4. The first-order valence-corrected chi connectivity index (χ1v) is 11.0. The molecule has 0 aromatic heterocycles. The maximum Gasteiger partial charge on any atom is 0.321 e. The first-order chi connectivity index (χ1) is 13.4. The van der Waals surface area contributed by atoms with Gasteiger partial charge in [-0.15, -0.1) is 0 Å². The van der Waals surface area contributed by atoms with E-state index in [4.69, 9.17) is 0 Å². The zero-order chi connectivity index (χ0) is 19.9. The van der Waals surface area contributed by atoms with Crippen molar-refractivity contribution in [1.29, 1.82) is 0 Å². The Bertz CT molecular complexity index is 606. The van der Waals surface area contributed by atoms with Crippen LogP contribution in [-0.2, 0) is 9.59 Å². The quantitative estimate of drug-likeness (QED) is 0.764. The van der Waals surface area contributed by atoms with Crippen LogP contribution in [0, 0.1) is 23.2 Å². The Hall–Kier alpha value is -1.63. The molecule has 7 nitrogen and oxygen atoms in total.